The first-order valence-corrected chi connectivity index (χ1v) is 5.71. The van der Waals surface area contributed by atoms with E-state index in [1.807, 2.05) is 7.05 Å². The van der Waals surface area contributed by atoms with Crippen LogP contribution in [-0.4, -0.2) is 20.2 Å². The first-order chi connectivity index (χ1) is 7.22. The van der Waals surface area contributed by atoms with E-state index in [9.17, 15) is 0 Å². The zero-order valence-corrected chi connectivity index (χ0v) is 10.2. The third-order valence-electron chi connectivity index (χ3n) is 1.93. The van der Waals surface area contributed by atoms with E-state index in [4.69, 9.17) is 27.9 Å². The van der Waals surface area contributed by atoms with Gasteiger partial charge in [-0.25, -0.2) is 0 Å². The highest BCUT2D eigenvalue weighted by Gasteiger charge is 1.98. The number of nitrogens with one attached hydrogen (secondary N) is 1. The second-order valence-electron chi connectivity index (χ2n) is 3.26. The molecule has 0 aromatic heterocycles. The SMILES string of the molecule is CNCCCCOc1cc(Cl)cc(Cl)c1. The van der Waals surface area contributed by atoms with Crippen molar-refractivity contribution in [2.75, 3.05) is 20.2 Å². The van der Waals surface area contributed by atoms with Crippen molar-refractivity contribution >= 4 is 23.2 Å². The van der Waals surface area contributed by atoms with E-state index in [1.54, 1.807) is 18.2 Å². The maximum atomic E-state index is 5.84. The topological polar surface area (TPSA) is 21.3 Å². The molecule has 0 saturated carbocycles. The molecule has 0 spiro atoms. The minimum atomic E-state index is 0.604. The predicted octanol–water partition coefficient (Wildman–Crippen LogP) is 3.37. The zero-order chi connectivity index (χ0) is 11.1. The number of hydrogen-bond acceptors (Lipinski definition) is 2. The largest absolute Gasteiger partial charge is 0.493 e. The molecule has 84 valence electrons. The summed E-state index contributed by atoms with van der Waals surface area (Å²) in [6, 6.07) is 5.23. The van der Waals surface area contributed by atoms with Crippen LogP contribution in [-0.2, 0) is 0 Å². The fourth-order valence-corrected chi connectivity index (χ4v) is 1.71. The Balaban J connectivity index is 2.31. The summed E-state index contributed by atoms with van der Waals surface area (Å²) in [7, 11) is 1.94. The molecule has 0 aliphatic carbocycles. The monoisotopic (exact) mass is 247 g/mol. The molecule has 15 heavy (non-hydrogen) atoms. The van der Waals surface area contributed by atoms with E-state index in [-0.39, 0.29) is 0 Å². The van der Waals surface area contributed by atoms with E-state index in [0.29, 0.717) is 16.7 Å². The lowest BCUT2D eigenvalue weighted by atomic mass is 10.3. The Labute approximate surface area is 101 Å². The van der Waals surface area contributed by atoms with Crippen molar-refractivity contribution in [3.05, 3.63) is 28.2 Å². The molecule has 0 fully saturated rings. The molecule has 0 heterocycles. The highest BCUT2D eigenvalue weighted by atomic mass is 35.5. The molecular formula is C11H15Cl2NO. The van der Waals surface area contributed by atoms with Crippen LogP contribution in [0.25, 0.3) is 0 Å². The first kappa shape index (κ1) is 12.6. The van der Waals surface area contributed by atoms with E-state index in [0.717, 1.165) is 25.1 Å². The van der Waals surface area contributed by atoms with Crippen molar-refractivity contribution in [3.63, 3.8) is 0 Å². The Kier molecular flexibility index (Phi) is 5.84. The Bertz CT molecular complexity index is 284. The molecule has 1 aromatic rings. The first-order valence-electron chi connectivity index (χ1n) is 4.96. The van der Waals surface area contributed by atoms with Crippen LogP contribution in [0.5, 0.6) is 5.75 Å². The molecule has 4 heteroatoms. The van der Waals surface area contributed by atoms with Crippen LogP contribution in [0, 0.1) is 0 Å². The van der Waals surface area contributed by atoms with Gasteiger partial charge in [-0.1, -0.05) is 23.2 Å². The summed E-state index contributed by atoms with van der Waals surface area (Å²) < 4.78 is 5.52. The zero-order valence-electron chi connectivity index (χ0n) is 8.72. The van der Waals surface area contributed by atoms with Crippen LogP contribution < -0.4 is 10.1 Å². The Hall–Kier alpha value is -0.440. The lowest BCUT2D eigenvalue weighted by Gasteiger charge is -2.06. The van der Waals surface area contributed by atoms with E-state index in [1.165, 1.54) is 0 Å². The van der Waals surface area contributed by atoms with Gasteiger partial charge >= 0.3 is 0 Å². The number of ether oxygens (including phenoxy) is 1. The molecular weight excluding hydrogens is 233 g/mol. The summed E-state index contributed by atoms with van der Waals surface area (Å²) in [5.41, 5.74) is 0. The lowest BCUT2D eigenvalue weighted by molar-refractivity contribution is 0.306. The minimum absolute atomic E-state index is 0.604. The quantitative estimate of drug-likeness (QED) is 0.779. The van der Waals surface area contributed by atoms with Gasteiger partial charge in [-0.05, 0) is 44.6 Å². The maximum absolute atomic E-state index is 5.84. The van der Waals surface area contributed by atoms with Crippen LogP contribution in [0.4, 0.5) is 0 Å². The van der Waals surface area contributed by atoms with Crippen LogP contribution in [0.3, 0.4) is 0 Å². The number of halogens is 2. The molecule has 0 amide bonds. The van der Waals surface area contributed by atoms with Gasteiger partial charge < -0.3 is 10.1 Å². The highest BCUT2D eigenvalue weighted by molar-refractivity contribution is 6.34. The van der Waals surface area contributed by atoms with Crippen molar-refractivity contribution in [2.24, 2.45) is 0 Å². The molecule has 2 nitrogen and oxygen atoms in total. The number of benzene rings is 1. The molecule has 0 aliphatic rings. The van der Waals surface area contributed by atoms with Crippen molar-refractivity contribution in [1.82, 2.24) is 5.32 Å². The van der Waals surface area contributed by atoms with Gasteiger partial charge in [0, 0.05) is 10.0 Å². The molecule has 0 atom stereocenters. The third kappa shape index (κ3) is 5.26. The molecule has 0 bridgehead atoms. The molecule has 1 aromatic carbocycles. The van der Waals surface area contributed by atoms with Crippen LogP contribution >= 0.6 is 23.2 Å². The van der Waals surface area contributed by atoms with Crippen LogP contribution in [0.2, 0.25) is 10.0 Å². The summed E-state index contributed by atoms with van der Waals surface area (Å²) in [4.78, 5) is 0. The summed E-state index contributed by atoms with van der Waals surface area (Å²) in [5, 5.41) is 4.30. The van der Waals surface area contributed by atoms with E-state index >= 15 is 0 Å². The summed E-state index contributed by atoms with van der Waals surface area (Å²) in [5.74, 6) is 0.733. The average Bonchev–Trinajstić information content (AvgIpc) is 2.16. The van der Waals surface area contributed by atoms with Gasteiger partial charge in [0.2, 0.25) is 0 Å². The summed E-state index contributed by atoms with van der Waals surface area (Å²) in [6.45, 7) is 1.71. The second kappa shape index (κ2) is 6.94. The maximum Gasteiger partial charge on any atom is 0.122 e. The second-order valence-corrected chi connectivity index (χ2v) is 4.14. The fourth-order valence-electron chi connectivity index (χ4n) is 1.21. The van der Waals surface area contributed by atoms with Gasteiger partial charge in [0.15, 0.2) is 0 Å². The van der Waals surface area contributed by atoms with Gasteiger partial charge in [0.1, 0.15) is 5.75 Å². The highest BCUT2D eigenvalue weighted by Crippen LogP contribution is 2.24. The van der Waals surface area contributed by atoms with Crippen LogP contribution in [0.1, 0.15) is 12.8 Å². The Morgan fingerprint density at radius 2 is 1.80 bits per heavy atom. The molecule has 0 radical (unpaired) electrons. The number of rotatable bonds is 6. The lowest BCUT2D eigenvalue weighted by Crippen LogP contribution is -2.09. The van der Waals surface area contributed by atoms with Crippen LogP contribution in [0.15, 0.2) is 18.2 Å². The van der Waals surface area contributed by atoms with E-state index in [2.05, 4.69) is 5.32 Å². The molecule has 0 aliphatic heterocycles. The fraction of sp³-hybridized carbons (Fsp3) is 0.455. The number of hydrogen-bond donors (Lipinski definition) is 1. The van der Waals surface area contributed by atoms with E-state index < -0.39 is 0 Å². The average molecular weight is 248 g/mol. The Morgan fingerprint density at radius 3 is 2.40 bits per heavy atom. The molecule has 0 unspecified atom stereocenters. The molecule has 0 saturated heterocycles. The molecule has 1 N–H and O–H groups in total. The van der Waals surface area contributed by atoms with Crippen molar-refractivity contribution in [3.8, 4) is 5.75 Å². The number of unbranched alkanes of at least 4 members (excludes halogenated alkanes) is 1. The normalized spacial score (nSPS) is 10.3. The summed E-state index contributed by atoms with van der Waals surface area (Å²) >= 11 is 11.7. The van der Waals surface area contributed by atoms with Crippen molar-refractivity contribution in [1.29, 1.82) is 0 Å². The van der Waals surface area contributed by atoms with Gasteiger partial charge in [-0.3, -0.25) is 0 Å². The molecule has 1 rings (SSSR count). The standard InChI is InChI=1S/C11H15Cl2NO/c1-14-4-2-3-5-15-11-7-9(12)6-10(13)8-11/h6-8,14H,2-5H2,1H3. The minimum Gasteiger partial charge on any atom is -0.493 e. The van der Waals surface area contributed by atoms with Gasteiger partial charge in [-0.2, -0.15) is 0 Å². The Morgan fingerprint density at radius 1 is 1.13 bits per heavy atom. The van der Waals surface area contributed by atoms with Gasteiger partial charge in [0.25, 0.3) is 0 Å². The van der Waals surface area contributed by atoms with Gasteiger partial charge in [0.05, 0.1) is 6.61 Å². The van der Waals surface area contributed by atoms with Crippen molar-refractivity contribution < 1.29 is 4.74 Å². The van der Waals surface area contributed by atoms with Gasteiger partial charge in [-0.15, -0.1) is 0 Å². The predicted molar refractivity (Wildman–Crippen MR) is 65.1 cm³/mol. The smallest absolute Gasteiger partial charge is 0.122 e. The summed E-state index contributed by atoms with van der Waals surface area (Å²) in [6.07, 6.45) is 2.12. The van der Waals surface area contributed by atoms with Crippen molar-refractivity contribution in [2.45, 2.75) is 12.8 Å². The third-order valence-corrected chi connectivity index (χ3v) is 2.36.